The number of carbonyl (C=O) groups is 2. The number of anilines is 2. The van der Waals surface area contributed by atoms with E-state index in [2.05, 4.69) is 26.1 Å². The number of carbonyl (C=O) groups excluding carboxylic acids is 2. The molecule has 0 radical (unpaired) electrons. The number of aryl methyl sites for hydroxylation is 1. The zero-order valence-corrected chi connectivity index (χ0v) is 17.0. The molecule has 140 valence electrons. The summed E-state index contributed by atoms with van der Waals surface area (Å²) in [5.74, 6) is -0.375. The van der Waals surface area contributed by atoms with Crippen LogP contribution in [0.4, 0.5) is 15.6 Å². The van der Waals surface area contributed by atoms with Crippen LogP contribution in [0, 0.1) is 6.92 Å². The normalized spacial score (nSPS) is 12.3. The standard InChI is InChI=1S/C17H23N5O2S2/c1-10-7-6-8-12(9-10)18-15-21-22-16(26-15)25-11(2)13(23)19-14(24)20-17(3,4)5/h6-9,11H,1-5H3,(H,18,21)(H2,19,20,23,24)/t11-/m0/s1. The highest BCUT2D eigenvalue weighted by molar-refractivity contribution is 8.02. The van der Waals surface area contributed by atoms with E-state index in [1.54, 1.807) is 6.92 Å². The molecule has 9 heteroatoms. The van der Waals surface area contributed by atoms with E-state index in [-0.39, 0.29) is 5.91 Å². The minimum atomic E-state index is -0.506. The number of urea groups is 1. The Morgan fingerprint density at radius 2 is 1.96 bits per heavy atom. The summed E-state index contributed by atoms with van der Waals surface area (Å²) in [6, 6.07) is 7.43. The zero-order valence-electron chi connectivity index (χ0n) is 15.4. The maximum atomic E-state index is 12.1. The summed E-state index contributed by atoms with van der Waals surface area (Å²) < 4.78 is 0.652. The molecule has 0 fully saturated rings. The van der Waals surface area contributed by atoms with Crippen molar-refractivity contribution in [1.82, 2.24) is 20.8 Å². The van der Waals surface area contributed by atoms with Gasteiger partial charge in [-0.2, -0.15) is 0 Å². The van der Waals surface area contributed by atoms with Crippen LogP contribution in [0.1, 0.15) is 33.3 Å². The molecule has 0 aliphatic carbocycles. The largest absolute Gasteiger partial charge is 0.333 e. The molecule has 2 rings (SSSR count). The minimum Gasteiger partial charge on any atom is -0.333 e. The Balaban J connectivity index is 1.89. The molecule has 0 saturated heterocycles. The summed E-state index contributed by atoms with van der Waals surface area (Å²) in [4.78, 5) is 23.9. The summed E-state index contributed by atoms with van der Waals surface area (Å²) in [6.07, 6.45) is 0. The molecule has 1 heterocycles. The number of aromatic nitrogens is 2. The topological polar surface area (TPSA) is 96.0 Å². The maximum Gasteiger partial charge on any atom is 0.321 e. The van der Waals surface area contributed by atoms with Gasteiger partial charge >= 0.3 is 6.03 Å². The van der Waals surface area contributed by atoms with Crippen LogP contribution < -0.4 is 16.0 Å². The number of hydrogen-bond acceptors (Lipinski definition) is 7. The summed E-state index contributed by atoms with van der Waals surface area (Å²) >= 11 is 2.62. The Morgan fingerprint density at radius 3 is 2.62 bits per heavy atom. The van der Waals surface area contributed by atoms with Crippen LogP contribution in [0.15, 0.2) is 28.6 Å². The predicted octanol–water partition coefficient (Wildman–Crippen LogP) is 3.70. The first-order valence-corrected chi connectivity index (χ1v) is 9.79. The van der Waals surface area contributed by atoms with Crippen LogP contribution in [-0.4, -0.2) is 32.9 Å². The Kier molecular flexibility index (Phi) is 6.60. The molecule has 0 aliphatic heterocycles. The molecule has 3 amide bonds. The van der Waals surface area contributed by atoms with Crippen molar-refractivity contribution >= 4 is 45.9 Å². The van der Waals surface area contributed by atoms with E-state index in [9.17, 15) is 9.59 Å². The monoisotopic (exact) mass is 393 g/mol. The Morgan fingerprint density at radius 1 is 1.23 bits per heavy atom. The number of amides is 3. The lowest BCUT2D eigenvalue weighted by molar-refractivity contribution is -0.119. The van der Waals surface area contributed by atoms with Gasteiger partial charge < -0.3 is 10.6 Å². The van der Waals surface area contributed by atoms with Crippen molar-refractivity contribution in [3.8, 4) is 0 Å². The first-order valence-electron chi connectivity index (χ1n) is 8.09. The zero-order chi connectivity index (χ0) is 19.3. The molecule has 26 heavy (non-hydrogen) atoms. The van der Waals surface area contributed by atoms with Crippen molar-refractivity contribution in [1.29, 1.82) is 0 Å². The Hall–Kier alpha value is -2.13. The third-order valence-electron chi connectivity index (χ3n) is 3.05. The molecule has 1 aromatic heterocycles. The number of rotatable bonds is 5. The van der Waals surface area contributed by atoms with Crippen LogP contribution in [0.5, 0.6) is 0 Å². The molecule has 1 atom stereocenters. The van der Waals surface area contributed by atoms with Crippen molar-refractivity contribution < 1.29 is 9.59 Å². The van der Waals surface area contributed by atoms with Crippen LogP contribution in [0.25, 0.3) is 0 Å². The van der Waals surface area contributed by atoms with E-state index in [0.717, 1.165) is 11.3 Å². The SMILES string of the molecule is Cc1cccc(Nc2nnc(S[C@@H](C)C(=O)NC(=O)NC(C)(C)C)s2)c1. The smallest absolute Gasteiger partial charge is 0.321 e. The van der Waals surface area contributed by atoms with E-state index in [1.807, 2.05) is 52.0 Å². The van der Waals surface area contributed by atoms with Gasteiger partial charge in [-0.15, -0.1) is 10.2 Å². The molecule has 0 unspecified atom stereocenters. The molecular formula is C17H23N5O2S2. The number of nitrogens with one attached hydrogen (secondary N) is 3. The molecule has 2 aromatic rings. The second-order valence-electron chi connectivity index (χ2n) is 6.82. The van der Waals surface area contributed by atoms with Gasteiger partial charge in [-0.3, -0.25) is 10.1 Å². The lowest BCUT2D eigenvalue weighted by atomic mass is 10.1. The van der Waals surface area contributed by atoms with E-state index in [4.69, 9.17) is 0 Å². The molecule has 1 aromatic carbocycles. The average molecular weight is 394 g/mol. The lowest BCUT2D eigenvalue weighted by Crippen LogP contribution is -2.49. The fourth-order valence-electron chi connectivity index (χ4n) is 1.94. The van der Waals surface area contributed by atoms with Gasteiger partial charge in [0.05, 0.1) is 5.25 Å². The van der Waals surface area contributed by atoms with Gasteiger partial charge in [-0.25, -0.2) is 4.79 Å². The summed E-state index contributed by atoms with van der Waals surface area (Å²) in [7, 11) is 0. The fourth-order valence-corrected chi connectivity index (χ4v) is 3.86. The van der Waals surface area contributed by atoms with Crippen LogP contribution in [0.3, 0.4) is 0 Å². The first-order chi connectivity index (χ1) is 12.1. The first kappa shape index (κ1) is 20.2. The highest BCUT2D eigenvalue weighted by Gasteiger charge is 2.21. The predicted molar refractivity (Wildman–Crippen MR) is 106 cm³/mol. The molecule has 3 N–H and O–H groups in total. The van der Waals surface area contributed by atoms with Gasteiger partial charge in [0.15, 0.2) is 4.34 Å². The number of nitrogens with zero attached hydrogens (tertiary/aromatic N) is 2. The number of hydrogen-bond donors (Lipinski definition) is 3. The molecule has 0 saturated carbocycles. The second kappa shape index (κ2) is 8.50. The van der Waals surface area contributed by atoms with E-state index >= 15 is 0 Å². The van der Waals surface area contributed by atoms with Gasteiger partial charge in [0.2, 0.25) is 11.0 Å². The minimum absolute atomic E-state index is 0.375. The Bertz CT molecular complexity index is 785. The van der Waals surface area contributed by atoms with Gasteiger partial charge in [-0.1, -0.05) is 35.2 Å². The van der Waals surface area contributed by atoms with Gasteiger partial charge in [0, 0.05) is 11.2 Å². The van der Waals surface area contributed by atoms with Crippen LogP contribution in [0.2, 0.25) is 0 Å². The Labute approximate surface area is 161 Å². The van der Waals surface area contributed by atoms with Crippen molar-refractivity contribution in [2.24, 2.45) is 0 Å². The van der Waals surface area contributed by atoms with Gasteiger partial charge in [0.25, 0.3) is 0 Å². The molecule has 0 bridgehead atoms. The van der Waals surface area contributed by atoms with Gasteiger partial charge in [-0.05, 0) is 52.3 Å². The number of thioether (sulfide) groups is 1. The highest BCUT2D eigenvalue weighted by atomic mass is 32.2. The molecular weight excluding hydrogens is 370 g/mol. The van der Waals surface area contributed by atoms with Crippen molar-refractivity contribution in [3.63, 3.8) is 0 Å². The lowest BCUT2D eigenvalue weighted by Gasteiger charge is -2.20. The number of imide groups is 1. The summed E-state index contributed by atoms with van der Waals surface area (Å²) in [5.41, 5.74) is 1.67. The van der Waals surface area contributed by atoms with Crippen molar-refractivity contribution in [3.05, 3.63) is 29.8 Å². The second-order valence-corrected chi connectivity index (χ2v) is 9.39. The van der Waals surface area contributed by atoms with E-state index in [0.29, 0.717) is 9.47 Å². The van der Waals surface area contributed by atoms with Crippen LogP contribution in [-0.2, 0) is 4.79 Å². The molecule has 0 aliphatic rings. The quantitative estimate of drug-likeness (QED) is 0.671. The summed E-state index contributed by atoms with van der Waals surface area (Å²) in [5, 5.41) is 16.6. The van der Waals surface area contributed by atoms with Gasteiger partial charge in [0.1, 0.15) is 0 Å². The summed E-state index contributed by atoms with van der Waals surface area (Å²) in [6.45, 7) is 9.28. The van der Waals surface area contributed by atoms with Crippen LogP contribution >= 0.6 is 23.1 Å². The van der Waals surface area contributed by atoms with Crippen molar-refractivity contribution in [2.75, 3.05) is 5.32 Å². The van der Waals surface area contributed by atoms with E-state index < -0.39 is 16.8 Å². The maximum absolute atomic E-state index is 12.1. The number of benzene rings is 1. The third kappa shape index (κ3) is 6.64. The molecule has 7 nitrogen and oxygen atoms in total. The van der Waals surface area contributed by atoms with E-state index in [1.165, 1.54) is 23.1 Å². The highest BCUT2D eigenvalue weighted by Crippen LogP contribution is 2.30. The average Bonchev–Trinajstić information content (AvgIpc) is 2.92. The third-order valence-corrected chi connectivity index (χ3v) is 5.07. The molecule has 0 spiro atoms. The van der Waals surface area contributed by atoms with Crippen molar-refractivity contribution in [2.45, 2.75) is 49.7 Å². The fraction of sp³-hybridized carbons (Fsp3) is 0.412.